The summed E-state index contributed by atoms with van der Waals surface area (Å²) in [6, 6.07) is 2.16. The van der Waals surface area contributed by atoms with Gasteiger partial charge in [-0.05, 0) is 29.0 Å². The average Bonchev–Trinajstić information content (AvgIpc) is 2.28. The first-order valence-electron chi connectivity index (χ1n) is 6.83. The van der Waals surface area contributed by atoms with Crippen molar-refractivity contribution in [2.24, 2.45) is 5.92 Å². The van der Waals surface area contributed by atoms with Crippen LogP contribution < -0.4 is 0 Å². The van der Waals surface area contributed by atoms with Gasteiger partial charge in [0.1, 0.15) is 0 Å². The van der Waals surface area contributed by atoms with Crippen molar-refractivity contribution >= 4 is 0 Å². The predicted octanol–water partition coefficient (Wildman–Crippen LogP) is 4.03. The van der Waals surface area contributed by atoms with E-state index in [1.807, 2.05) is 6.20 Å². The Labute approximate surface area is 110 Å². The first kappa shape index (κ1) is 13.3. The number of ether oxygens (including phenoxy) is 1. The Hall–Kier alpha value is -1.15. The van der Waals surface area contributed by atoms with Gasteiger partial charge in [-0.1, -0.05) is 39.8 Å². The van der Waals surface area contributed by atoms with Crippen molar-refractivity contribution in [2.75, 3.05) is 6.61 Å². The van der Waals surface area contributed by atoms with Gasteiger partial charge in [0.15, 0.2) is 0 Å². The summed E-state index contributed by atoms with van der Waals surface area (Å²) in [5.41, 5.74) is 3.91. The van der Waals surface area contributed by atoms with E-state index in [1.165, 1.54) is 11.1 Å². The van der Waals surface area contributed by atoms with E-state index in [0.29, 0.717) is 31.0 Å². The molecular weight excluding hydrogens is 222 g/mol. The van der Waals surface area contributed by atoms with Crippen LogP contribution in [-0.2, 0) is 11.3 Å². The number of aromatic nitrogens is 1. The maximum absolute atomic E-state index is 5.61. The smallest absolute Gasteiger partial charge is 0.0895 e. The lowest BCUT2D eigenvalue weighted by molar-refractivity contribution is 0.142. The number of nitrogens with zero attached hydrogens (tertiary/aromatic N) is 1. The van der Waals surface area contributed by atoms with E-state index >= 15 is 0 Å². The van der Waals surface area contributed by atoms with E-state index in [0.717, 1.165) is 5.69 Å². The van der Waals surface area contributed by atoms with Gasteiger partial charge in [-0.25, -0.2) is 0 Å². The molecular formula is C16H23NO. The first-order chi connectivity index (χ1) is 8.61. The summed E-state index contributed by atoms with van der Waals surface area (Å²) in [4.78, 5) is 4.54. The molecule has 18 heavy (non-hydrogen) atoms. The highest BCUT2D eigenvalue weighted by atomic mass is 16.5. The minimum atomic E-state index is 0.454. The molecule has 0 fully saturated rings. The van der Waals surface area contributed by atoms with E-state index in [-0.39, 0.29) is 0 Å². The third-order valence-corrected chi connectivity index (χ3v) is 3.58. The molecule has 0 aliphatic carbocycles. The molecule has 0 radical (unpaired) electrons. The van der Waals surface area contributed by atoms with Crippen molar-refractivity contribution in [3.05, 3.63) is 41.2 Å². The second-order valence-electron chi connectivity index (χ2n) is 5.63. The molecule has 2 heterocycles. The third kappa shape index (κ3) is 2.64. The Morgan fingerprint density at radius 1 is 1.28 bits per heavy atom. The predicted molar refractivity (Wildman–Crippen MR) is 74.7 cm³/mol. The summed E-state index contributed by atoms with van der Waals surface area (Å²) in [7, 11) is 0. The van der Waals surface area contributed by atoms with Crippen molar-refractivity contribution in [3.8, 4) is 0 Å². The largest absolute Gasteiger partial charge is 0.371 e. The van der Waals surface area contributed by atoms with Crippen molar-refractivity contribution < 1.29 is 4.74 Å². The summed E-state index contributed by atoms with van der Waals surface area (Å²) in [6.45, 7) is 10.4. The van der Waals surface area contributed by atoms with Crippen LogP contribution in [0, 0.1) is 5.92 Å². The van der Waals surface area contributed by atoms with Crippen LogP contribution in [0.3, 0.4) is 0 Å². The van der Waals surface area contributed by atoms with Gasteiger partial charge in [0.25, 0.3) is 0 Å². The molecule has 0 saturated carbocycles. The zero-order chi connectivity index (χ0) is 13.1. The van der Waals surface area contributed by atoms with E-state index in [9.17, 15) is 0 Å². The number of allylic oxidation sites excluding steroid dienone is 1. The molecule has 1 aliphatic rings. The molecule has 98 valence electrons. The van der Waals surface area contributed by atoms with E-state index in [2.05, 4.69) is 50.9 Å². The summed E-state index contributed by atoms with van der Waals surface area (Å²) in [5.74, 6) is 1.56. The molecule has 1 aliphatic heterocycles. The van der Waals surface area contributed by atoms with Gasteiger partial charge < -0.3 is 4.74 Å². The van der Waals surface area contributed by atoms with Crippen LogP contribution in [-0.4, -0.2) is 11.6 Å². The highest BCUT2D eigenvalue weighted by Crippen LogP contribution is 2.35. The number of hydrogen-bond donors (Lipinski definition) is 0. The normalized spacial score (nSPS) is 21.6. The summed E-state index contributed by atoms with van der Waals surface area (Å²) in [5, 5.41) is 0. The molecule has 2 nitrogen and oxygen atoms in total. The average molecular weight is 245 g/mol. The Bertz CT molecular complexity index is 435. The van der Waals surface area contributed by atoms with E-state index in [4.69, 9.17) is 4.74 Å². The maximum Gasteiger partial charge on any atom is 0.0895 e. The van der Waals surface area contributed by atoms with Gasteiger partial charge in [0.05, 0.1) is 18.9 Å². The van der Waals surface area contributed by atoms with Crippen LogP contribution in [0.15, 0.2) is 24.4 Å². The first-order valence-corrected chi connectivity index (χ1v) is 6.83. The Morgan fingerprint density at radius 3 is 2.72 bits per heavy atom. The monoisotopic (exact) mass is 245 g/mol. The van der Waals surface area contributed by atoms with Crippen LogP contribution in [0.25, 0.3) is 0 Å². The summed E-state index contributed by atoms with van der Waals surface area (Å²) >= 11 is 0. The molecule has 1 unspecified atom stereocenters. The minimum absolute atomic E-state index is 0.454. The van der Waals surface area contributed by atoms with Gasteiger partial charge in [-0.15, -0.1) is 0 Å². The highest BCUT2D eigenvalue weighted by Gasteiger charge is 2.23. The quantitative estimate of drug-likeness (QED) is 0.734. The Morgan fingerprint density at radius 2 is 2.06 bits per heavy atom. The Balaban J connectivity index is 2.57. The van der Waals surface area contributed by atoms with Crippen molar-refractivity contribution in [2.45, 2.75) is 46.1 Å². The number of pyridine rings is 1. The van der Waals surface area contributed by atoms with Crippen molar-refractivity contribution in [3.63, 3.8) is 0 Å². The topological polar surface area (TPSA) is 22.1 Å². The molecule has 1 aromatic rings. The molecule has 0 amide bonds. The number of rotatable bonds is 2. The molecule has 0 aromatic carbocycles. The van der Waals surface area contributed by atoms with Crippen LogP contribution in [0.5, 0.6) is 0 Å². The van der Waals surface area contributed by atoms with Crippen LogP contribution in [0.1, 0.15) is 56.4 Å². The van der Waals surface area contributed by atoms with Gasteiger partial charge in [0, 0.05) is 12.1 Å². The summed E-state index contributed by atoms with van der Waals surface area (Å²) < 4.78 is 5.61. The van der Waals surface area contributed by atoms with Crippen molar-refractivity contribution in [1.29, 1.82) is 0 Å². The molecule has 0 N–H and O–H groups in total. The molecule has 0 bridgehead atoms. The number of fused-ring (bicyclic) bond motifs is 1. The highest BCUT2D eigenvalue weighted by molar-refractivity contribution is 5.38. The fourth-order valence-corrected chi connectivity index (χ4v) is 2.61. The summed E-state index contributed by atoms with van der Waals surface area (Å²) in [6.07, 6.45) is 6.35. The van der Waals surface area contributed by atoms with Gasteiger partial charge in [0.2, 0.25) is 0 Å². The minimum Gasteiger partial charge on any atom is -0.371 e. The van der Waals surface area contributed by atoms with Gasteiger partial charge in [-0.2, -0.15) is 0 Å². The molecule has 0 spiro atoms. The SMILES string of the molecule is CC(C)c1ccnc2c1C(C(C)C)/C=C\COC2. The zero-order valence-corrected chi connectivity index (χ0v) is 11.8. The van der Waals surface area contributed by atoms with Crippen LogP contribution in [0.2, 0.25) is 0 Å². The standard InChI is InChI=1S/C16H23NO/c1-11(2)13-6-5-9-18-10-15-16(13)14(12(3)4)7-8-17-15/h5-8,11-13H,9-10H2,1-4H3/b6-5-. The molecule has 1 atom stereocenters. The molecule has 2 heteroatoms. The zero-order valence-electron chi connectivity index (χ0n) is 11.8. The molecule has 2 rings (SSSR count). The Kier molecular flexibility index (Phi) is 4.18. The fourth-order valence-electron chi connectivity index (χ4n) is 2.61. The van der Waals surface area contributed by atoms with Gasteiger partial charge in [-0.3, -0.25) is 4.98 Å². The molecule has 0 saturated heterocycles. The lowest BCUT2D eigenvalue weighted by Crippen LogP contribution is -2.15. The third-order valence-electron chi connectivity index (χ3n) is 3.58. The lowest BCUT2D eigenvalue weighted by Gasteiger charge is -2.26. The van der Waals surface area contributed by atoms with Gasteiger partial charge >= 0.3 is 0 Å². The van der Waals surface area contributed by atoms with E-state index in [1.54, 1.807) is 0 Å². The van der Waals surface area contributed by atoms with Crippen molar-refractivity contribution in [1.82, 2.24) is 4.98 Å². The maximum atomic E-state index is 5.61. The second kappa shape index (κ2) is 5.66. The number of hydrogen-bond acceptors (Lipinski definition) is 2. The van der Waals surface area contributed by atoms with E-state index < -0.39 is 0 Å². The second-order valence-corrected chi connectivity index (χ2v) is 5.63. The van der Waals surface area contributed by atoms with Crippen LogP contribution >= 0.6 is 0 Å². The molecule has 1 aromatic heterocycles. The lowest BCUT2D eigenvalue weighted by atomic mass is 9.81. The van der Waals surface area contributed by atoms with Crippen LogP contribution in [0.4, 0.5) is 0 Å². The fraction of sp³-hybridized carbons (Fsp3) is 0.562.